The van der Waals surface area contributed by atoms with E-state index in [9.17, 15) is 14.4 Å². The van der Waals surface area contributed by atoms with Gasteiger partial charge in [0.1, 0.15) is 23.0 Å². The van der Waals surface area contributed by atoms with Crippen LogP contribution in [0.15, 0.2) is 27.8 Å². The molecule has 1 amide bonds. The van der Waals surface area contributed by atoms with Crippen molar-refractivity contribution >= 4 is 17.4 Å². The fourth-order valence-corrected chi connectivity index (χ4v) is 4.51. The lowest BCUT2D eigenvalue weighted by Gasteiger charge is -2.30. The normalized spacial score (nSPS) is 15.4. The van der Waals surface area contributed by atoms with Crippen molar-refractivity contribution in [1.29, 1.82) is 0 Å². The van der Waals surface area contributed by atoms with Crippen molar-refractivity contribution in [2.75, 3.05) is 44.5 Å². The molecule has 1 unspecified atom stereocenters. The molecule has 3 rings (SSSR count). The van der Waals surface area contributed by atoms with Crippen LogP contribution in [0.5, 0.6) is 11.5 Å². The molecule has 34 heavy (non-hydrogen) atoms. The number of carbonyl (C=O) groups is 1. The predicted octanol–water partition coefficient (Wildman–Crippen LogP) is 2.13. The molecular weight excluding hydrogens is 438 g/mol. The number of methoxy groups -OCH3 is 2. The summed E-state index contributed by atoms with van der Waals surface area (Å²) >= 11 is 0. The van der Waals surface area contributed by atoms with E-state index in [1.54, 1.807) is 19.1 Å². The number of anilines is 2. The molecular formula is C24H35N5O5. The number of H-pyrrole nitrogens is 1. The zero-order valence-electron chi connectivity index (χ0n) is 20.4. The van der Waals surface area contributed by atoms with Crippen LogP contribution in [0.1, 0.15) is 51.1 Å². The lowest BCUT2D eigenvalue weighted by Crippen LogP contribution is -2.44. The van der Waals surface area contributed by atoms with Gasteiger partial charge in [-0.25, -0.2) is 4.79 Å². The summed E-state index contributed by atoms with van der Waals surface area (Å²) in [7, 11) is 3.21. The molecule has 1 aromatic heterocycles. The highest BCUT2D eigenvalue weighted by atomic mass is 16.5. The van der Waals surface area contributed by atoms with Gasteiger partial charge in [0.05, 0.1) is 26.8 Å². The molecule has 0 spiro atoms. The summed E-state index contributed by atoms with van der Waals surface area (Å²) in [5, 5.41) is 0. The van der Waals surface area contributed by atoms with Crippen LogP contribution >= 0.6 is 0 Å². The SMILES string of the molecule is CCCCn1c(N)c(N(CC)CC(=O)N2CCCC2c2cc(OC)ccc2OC)c(=O)[nH]c1=O. The van der Waals surface area contributed by atoms with Crippen molar-refractivity contribution in [2.24, 2.45) is 0 Å². The number of nitrogen functional groups attached to an aromatic ring is 1. The topological polar surface area (TPSA) is 123 Å². The maximum Gasteiger partial charge on any atom is 0.330 e. The first-order chi connectivity index (χ1) is 16.4. The summed E-state index contributed by atoms with van der Waals surface area (Å²) < 4.78 is 12.3. The number of ether oxygens (including phenoxy) is 2. The Morgan fingerprint density at radius 1 is 1.24 bits per heavy atom. The number of nitrogens with one attached hydrogen (secondary N) is 1. The van der Waals surface area contributed by atoms with Gasteiger partial charge in [0.15, 0.2) is 0 Å². The quantitative estimate of drug-likeness (QED) is 0.542. The van der Waals surface area contributed by atoms with Crippen LogP contribution in [0.4, 0.5) is 11.5 Å². The Kier molecular flexibility index (Phi) is 8.25. The van der Waals surface area contributed by atoms with Gasteiger partial charge in [0, 0.05) is 25.2 Å². The number of unbranched alkanes of at least 4 members (excludes halogenated alkanes) is 1. The Balaban J connectivity index is 1.90. The number of aromatic amines is 1. The van der Waals surface area contributed by atoms with Gasteiger partial charge < -0.3 is 25.0 Å². The van der Waals surface area contributed by atoms with Crippen molar-refractivity contribution in [3.8, 4) is 11.5 Å². The number of nitrogens with two attached hydrogens (primary N) is 1. The lowest BCUT2D eigenvalue weighted by molar-refractivity contribution is -0.130. The summed E-state index contributed by atoms with van der Waals surface area (Å²) in [6.45, 7) is 5.21. The van der Waals surface area contributed by atoms with E-state index in [0.717, 1.165) is 31.2 Å². The van der Waals surface area contributed by atoms with E-state index in [1.165, 1.54) is 4.57 Å². The first kappa shape index (κ1) is 25.2. The van der Waals surface area contributed by atoms with E-state index in [1.807, 2.05) is 36.9 Å². The fourth-order valence-electron chi connectivity index (χ4n) is 4.51. The van der Waals surface area contributed by atoms with Crippen molar-refractivity contribution < 1.29 is 14.3 Å². The van der Waals surface area contributed by atoms with Crippen molar-refractivity contribution in [2.45, 2.75) is 52.1 Å². The summed E-state index contributed by atoms with van der Waals surface area (Å²) in [5.41, 5.74) is 6.19. The molecule has 3 N–H and O–H groups in total. The lowest BCUT2D eigenvalue weighted by atomic mass is 10.0. The Hall–Kier alpha value is -3.43. The van der Waals surface area contributed by atoms with Gasteiger partial charge in [0.25, 0.3) is 5.56 Å². The van der Waals surface area contributed by atoms with Gasteiger partial charge in [-0.2, -0.15) is 0 Å². The third kappa shape index (κ3) is 5.05. The predicted molar refractivity (Wildman–Crippen MR) is 132 cm³/mol. The van der Waals surface area contributed by atoms with Crippen LogP contribution in [0.25, 0.3) is 0 Å². The van der Waals surface area contributed by atoms with Gasteiger partial charge in [0.2, 0.25) is 5.91 Å². The van der Waals surface area contributed by atoms with E-state index in [4.69, 9.17) is 15.2 Å². The number of carbonyl (C=O) groups excluding carboxylic acids is 1. The Labute approximate surface area is 199 Å². The average Bonchev–Trinajstić information content (AvgIpc) is 3.32. The van der Waals surface area contributed by atoms with Gasteiger partial charge >= 0.3 is 5.69 Å². The Morgan fingerprint density at radius 2 is 2.00 bits per heavy atom. The number of hydrogen-bond donors (Lipinski definition) is 2. The monoisotopic (exact) mass is 473 g/mol. The number of amides is 1. The largest absolute Gasteiger partial charge is 0.497 e. The molecule has 2 heterocycles. The van der Waals surface area contributed by atoms with Crippen LogP contribution in [-0.2, 0) is 11.3 Å². The summed E-state index contributed by atoms with van der Waals surface area (Å²) in [6, 6.07) is 5.40. The van der Waals surface area contributed by atoms with Crippen LogP contribution in [0.2, 0.25) is 0 Å². The molecule has 1 aliphatic rings. The van der Waals surface area contributed by atoms with Crippen molar-refractivity contribution in [1.82, 2.24) is 14.5 Å². The number of benzene rings is 1. The maximum absolute atomic E-state index is 13.5. The minimum absolute atomic E-state index is 0.0292. The number of rotatable bonds is 10. The summed E-state index contributed by atoms with van der Waals surface area (Å²) in [4.78, 5) is 44.2. The Morgan fingerprint density at radius 3 is 2.65 bits per heavy atom. The molecule has 10 nitrogen and oxygen atoms in total. The van der Waals surface area contributed by atoms with E-state index in [-0.39, 0.29) is 30.0 Å². The number of likely N-dealkylation sites (N-methyl/N-ethyl adjacent to an activating group) is 1. The zero-order chi connectivity index (χ0) is 24.8. The first-order valence-electron chi connectivity index (χ1n) is 11.7. The fraction of sp³-hybridized carbons (Fsp3) is 0.542. The Bertz CT molecular complexity index is 1130. The summed E-state index contributed by atoms with van der Waals surface area (Å²) in [6.07, 6.45) is 3.28. The van der Waals surface area contributed by atoms with E-state index in [2.05, 4.69) is 4.98 Å². The van der Waals surface area contributed by atoms with Gasteiger partial charge in [-0.05, 0) is 44.4 Å². The summed E-state index contributed by atoms with van der Waals surface area (Å²) in [5.74, 6) is 1.35. The van der Waals surface area contributed by atoms with E-state index < -0.39 is 11.2 Å². The third-order valence-electron chi connectivity index (χ3n) is 6.34. The maximum atomic E-state index is 13.5. The first-order valence-corrected chi connectivity index (χ1v) is 11.7. The second kappa shape index (κ2) is 11.1. The number of aromatic nitrogens is 2. The molecule has 1 fully saturated rings. The average molecular weight is 474 g/mol. The van der Waals surface area contributed by atoms with Gasteiger partial charge in [-0.15, -0.1) is 0 Å². The molecule has 1 saturated heterocycles. The van der Waals surface area contributed by atoms with Crippen LogP contribution in [-0.4, -0.2) is 54.2 Å². The van der Waals surface area contributed by atoms with Gasteiger partial charge in [-0.3, -0.25) is 19.1 Å². The molecule has 1 aliphatic heterocycles. The van der Waals surface area contributed by atoms with E-state index in [0.29, 0.717) is 31.1 Å². The standard InChI is InChI=1S/C24H35N5O5/c1-5-7-12-29-22(25)21(23(31)26-24(29)32)27(6-2)15-20(30)28-13-8-9-18(28)17-14-16(33-3)10-11-19(17)34-4/h10-11,14,18H,5-9,12-13,15,25H2,1-4H3,(H,26,31,32). The smallest absolute Gasteiger partial charge is 0.330 e. The van der Waals surface area contributed by atoms with E-state index >= 15 is 0 Å². The molecule has 0 aliphatic carbocycles. The second-order valence-electron chi connectivity index (χ2n) is 8.37. The number of hydrogen-bond acceptors (Lipinski definition) is 7. The van der Waals surface area contributed by atoms with Crippen molar-refractivity contribution in [3.63, 3.8) is 0 Å². The highest BCUT2D eigenvalue weighted by Crippen LogP contribution is 2.39. The minimum atomic E-state index is -0.586. The molecule has 10 heteroatoms. The van der Waals surface area contributed by atoms with Crippen LogP contribution in [0.3, 0.4) is 0 Å². The highest BCUT2D eigenvalue weighted by Gasteiger charge is 2.33. The molecule has 186 valence electrons. The molecule has 0 saturated carbocycles. The molecule has 0 bridgehead atoms. The minimum Gasteiger partial charge on any atom is -0.497 e. The van der Waals surface area contributed by atoms with Crippen molar-refractivity contribution in [3.05, 3.63) is 44.6 Å². The molecule has 1 aromatic carbocycles. The highest BCUT2D eigenvalue weighted by molar-refractivity contribution is 5.83. The number of likely N-dealkylation sites (tertiary alicyclic amines) is 1. The van der Waals surface area contributed by atoms with Gasteiger partial charge in [-0.1, -0.05) is 13.3 Å². The third-order valence-corrected chi connectivity index (χ3v) is 6.34. The molecule has 0 radical (unpaired) electrons. The molecule has 1 atom stereocenters. The zero-order valence-corrected chi connectivity index (χ0v) is 20.4. The van der Waals surface area contributed by atoms with Crippen LogP contribution < -0.4 is 31.4 Å². The van der Waals surface area contributed by atoms with Crippen LogP contribution in [0, 0.1) is 0 Å². The number of nitrogens with zero attached hydrogens (tertiary/aromatic N) is 3. The second-order valence-corrected chi connectivity index (χ2v) is 8.37. The molecule has 2 aromatic rings.